The molecule has 3 rings (SSSR count). The largest absolute Gasteiger partial charge is 0.489 e. The Balaban J connectivity index is 2.54. The van der Waals surface area contributed by atoms with E-state index in [9.17, 15) is 4.79 Å². The van der Waals surface area contributed by atoms with Crippen molar-refractivity contribution < 1.29 is 4.74 Å². The molecule has 0 saturated heterocycles. The Morgan fingerprint density at radius 2 is 2.27 bits per heavy atom. The van der Waals surface area contributed by atoms with Gasteiger partial charge < -0.3 is 9.30 Å². The van der Waals surface area contributed by atoms with Gasteiger partial charge in [0.05, 0.1) is 11.6 Å². The van der Waals surface area contributed by atoms with E-state index in [1.54, 1.807) is 6.07 Å². The molecule has 2 heterocycles. The molecular formula is C12H11NO2. The van der Waals surface area contributed by atoms with Crippen molar-refractivity contribution >= 4 is 10.9 Å². The molecular weight excluding hydrogens is 190 g/mol. The molecule has 0 radical (unpaired) electrons. The maximum Gasteiger partial charge on any atom is 0.189 e. The molecule has 1 aromatic carbocycles. The second kappa shape index (κ2) is 2.86. The molecule has 1 unspecified atom stereocenters. The SMILES string of the molecule is CC1COc2cccc3c(=O)ccn1c23. The van der Waals surface area contributed by atoms with Gasteiger partial charge in [-0.3, -0.25) is 4.79 Å². The third kappa shape index (κ3) is 1.09. The van der Waals surface area contributed by atoms with Crippen LogP contribution in [0, 0.1) is 0 Å². The minimum atomic E-state index is 0.0563. The van der Waals surface area contributed by atoms with E-state index >= 15 is 0 Å². The maximum atomic E-state index is 11.7. The first kappa shape index (κ1) is 8.53. The van der Waals surface area contributed by atoms with Crippen molar-refractivity contribution in [2.24, 2.45) is 0 Å². The number of hydrogen-bond donors (Lipinski definition) is 0. The normalized spacial score (nSPS) is 18.9. The standard InChI is InChI=1S/C12H11NO2/c1-8-7-15-11-4-2-3-9-10(14)5-6-13(8)12(9)11/h2-6,8H,7H2,1H3. The van der Waals surface area contributed by atoms with Crippen LogP contribution in [0.1, 0.15) is 13.0 Å². The van der Waals surface area contributed by atoms with E-state index in [1.807, 2.05) is 24.4 Å². The molecule has 1 aliphatic heterocycles. The summed E-state index contributed by atoms with van der Waals surface area (Å²) in [6.07, 6.45) is 1.85. The molecule has 0 bridgehead atoms. The minimum Gasteiger partial charge on any atom is -0.489 e. The molecule has 15 heavy (non-hydrogen) atoms. The van der Waals surface area contributed by atoms with E-state index in [0.29, 0.717) is 6.61 Å². The third-order valence-corrected chi connectivity index (χ3v) is 2.86. The summed E-state index contributed by atoms with van der Waals surface area (Å²) in [4.78, 5) is 11.7. The molecule has 3 nitrogen and oxygen atoms in total. The van der Waals surface area contributed by atoms with Crippen LogP contribution in [0.15, 0.2) is 35.3 Å². The zero-order valence-electron chi connectivity index (χ0n) is 8.43. The van der Waals surface area contributed by atoms with Gasteiger partial charge >= 0.3 is 0 Å². The summed E-state index contributed by atoms with van der Waals surface area (Å²) in [6, 6.07) is 7.51. The Morgan fingerprint density at radius 1 is 1.40 bits per heavy atom. The van der Waals surface area contributed by atoms with Gasteiger partial charge in [0.15, 0.2) is 5.43 Å². The Hall–Kier alpha value is -1.77. The van der Waals surface area contributed by atoms with Crippen molar-refractivity contribution in [1.29, 1.82) is 0 Å². The summed E-state index contributed by atoms with van der Waals surface area (Å²) >= 11 is 0. The van der Waals surface area contributed by atoms with Gasteiger partial charge in [0.2, 0.25) is 0 Å². The van der Waals surface area contributed by atoms with Gasteiger partial charge in [-0.1, -0.05) is 6.07 Å². The second-order valence-corrected chi connectivity index (χ2v) is 3.90. The van der Waals surface area contributed by atoms with Crippen molar-refractivity contribution in [3.63, 3.8) is 0 Å². The lowest BCUT2D eigenvalue weighted by atomic mass is 10.1. The first-order valence-electron chi connectivity index (χ1n) is 5.04. The number of benzene rings is 1. The highest BCUT2D eigenvalue weighted by Crippen LogP contribution is 2.30. The third-order valence-electron chi connectivity index (χ3n) is 2.86. The van der Waals surface area contributed by atoms with Crippen LogP contribution in [0.3, 0.4) is 0 Å². The van der Waals surface area contributed by atoms with Crippen LogP contribution >= 0.6 is 0 Å². The highest BCUT2D eigenvalue weighted by Gasteiger charge is 2.18. The van der Waals surface area contributed by atoms with Crippen molar-refractivity contribution in [3.05, 3.63) is 40.7 Å². The van der Waals surface area contributed by atoms with Crippen LogP contribution in [-0.2, 0) is 0 Å². The number of hydrogen-bond acceptors (Lipinski definition) is 2. The second-order valence-electron chi connectivity index (χ2n) is 3.90. The van der Waals surface area contributed by atoms with E-state index < -0.39 is 0 Å². The fraction of sp³-hybridized carbons (Fsp3) is 0.250. The smallest absolute Gasteiger partial charge is 0.189 e. The van der Waals surface area contributed by atoms with Crippen LogP contribution in [-0.4, -0.2) is 11.2 Å². The Labute approximate surface area is 86.9 Å². The zero-order valence-corrected chi connectivity index (χ0v) is 8.43. The molecule has 0 spiro atoms. The van der Waals surface area contributed by atoms with Crippen molar-refractivity contribution in [2.45, 2.75) is 13.0 Å². The van der Waals surface area contributed by atoms with Crippen molar-refractivity contribution in [2.75, 3.05) is 6.61 Å². The first-order chi connectivity index (χ1) is 7.27. The van der Waals surface area contributed by atoms with Gasteiger partial charge in [0, 0.05) is 17.6 Å². The Bertz CT molecular complexity index is 586. The number of para-hydroxylation sites is 1. The van der Waals surface area contributed by atoms with E-state index in [1.165, 1.54) is 0 Å². The molecule has 0 N–H and O–H groups in total. The molecule has 1 aromatic heterocycles. The predicted molar refractivity (Wildman–Crippen MR) is 58.4 cm³/mol. The van der Waals surface area contributed by atoms with Gasteiger partial charge in [-0.15, -0.1) is 0 Å². The molecule has 3 heteroatoms. The molecule has 76 valence electrons. The summed E-state index contributed by atoms with van der Waals surface area (Å²) in [5, 5.41) is 0.738. The number of rotatable bonds is 0. The highest BCUT2D eigenvalue weighted by molar-refractivity contribution is 5.85. The van der Waals surface area contributed by atoms with E-state index in [0.717, 1.165) is 16.7 Å². The Kier molecular flexibility index (Phi) is 1.63. The van der Waals surface area contributed by atoms with E-state index in [2.05, 4.69) is 11.5 Å². The van der Waals surface area contributed by atoms with Gasteiger partial charge in [0.1, 0.15) is 12.4 Å². The molecule has 0 saturated carbocycles. The summed E-state index contributed by atoms with van der Waals surface area (Å²) < 4.78 is 7.71. The van der Waals surface area contributed by atoms with E-state index in [-0.39, 0.29) is 11.5 Å². The maximum absolute atomic E-state index is 11.7. The summed E-state index contributed by atoms with van der Waals surface area (Å²) in [7, 11) is 0. The lowest BCUT2D eigenvalue weighted by Gasteiger charge is -2.25. The fourth-order valence-corrected chi connectivity index (χ4v) is 2.07. The average molecular weight is 201 g/mol. The molecule has 1 atom stereocenters. The quantitative estimate of drug-likeness (QED) is 0.652. The average Bonchev–Trinajstić information content (AvgIpc) is 2.26. The van der Waals surface area contributed by atoms with Crippen molar-refractivity contribution in [1.82, 2.24) is 4.57 Å². The summed E-state index contributed by atoms with van der Waals surface area (Å²) in [6.45, 7) is 2.74. The number of pyridine rings is 1. The topological polar surface area (TPSA) is 31.2 Å². The van der Waals surface area contributed by atoms with Gasteiger partial charge in [-0.05, 0) is 19.1 Å². The van der Waals surface area contributed by atoms with Gasteiger partial charge in [0.25, 0.3) is 0 Å². The number of aromatic nitrogens is 1. The molecule has 0 aliphatic carbocycles. The Morgan fingerprint density at radius 3 is 3.13 bits per heavy atom. The van der Waals surface area contributed by atoms with Crippen molar-refractivity contribution in [3.8, 4) is 5.75 Å². The molecule has 0 fully saturated rings. The lowest BCUT2D eigenvalue weighted by Crippen LogP contribution is -2.22. The molecule has 1 aliphatic rings. The van der Waals surface area contributed by atoms with Gasteiger partial charge in [-0.2, -0.15) is 0 Å². The van der Waals surface area contributed by atoms with Crippen LogP contribution in [0.2, 0.25) is 0 Å². The monoisotopic (exact) mass is 201 g/mol. The van der Waals surface area contributed by atoms with Crippen LogP contribution in [0.25, 0.3) is 10.9 Å². The van der Waals surface area contributed by atoms with Crippen LogP contribution in [0.5, 0.6) is 5.75 Å². The highest BCUT2D eigenvalue weighted by atomic mass is 16.5. The van der Waals surface area contributed by atoms with Crippen LogP contribution < -0.4 is 10.2 Å². The predicted octanol–water partition coefficient (Wildman–Crippen LogP) is 1.95. The fourth-order valence-electron chi connectivity index (χ4n) is 2.07. The van der Waals surface area contributed by atoms with Gasteiger partial charge in [-0.25, -0.2) is 0 Å². The number of nitrogens with zero attached hydrogens (tertiary/aromatic N) is 1. The lowest BCUT2D eigenvalue weighted by molar-refractivity contribution is 0.247. The number of ether oxygens (including phenoxy) is 1. The zero-order chi connectivity index (χ0) is 10.4. The molecule has 2 aromatic rings. The molecule has 0 amide bonds. The van der Waals surface area contributed by atoms with E-state index in [4.69, 9.17) is 4.74 Å². The summed E-state index contributed by atoms with van der Waals surface area (Å²) in [5.41, 5.74) is 0.976. The first-order valence-corrected chi connectivity index (χ1v) is 5.04. The summed E-state index contributed by atoms with van der Waals surface area (Å²) in [5.74, 6) is 0.809. The minimum absolute atomic E-state index is 0.0563. The van der Waals surface area contributed by atoms with Crippen LogP contribution in [0.4, 0.5) is 0 Å².